The van der Waals surface area contributed by atoms with E-state index in [1.54, 1.807) is 10.8 Å². The van der Waals surface area contributed by atoms with Gasteiger partial charge in [-0.3, -0.25) is 10.5 Å². The number of nitrogens with two attached hydrogens (primary N) is 1. The number of hydrogen-bond donors (Lipinski definition) is 1. The van der Waals surface area contributed by atoms with Crippen LogP contribution in [0.1, 0.15) is 24.8 Å². The average Bonchev–Trinajstić information content (AvgIpc) is 3.09. The molecule has 0 bridgehead atoms. The highest BCUT2D eigenvalue weighted by Gasteiger charge is 2.14. The number of nitrogens with zero attached hydrogens (tertiary/aromatic N) is 2. The van der Waals surface area contributed by atoms with Crippen molar-refractivity contribution in [1.29, 1.82) is 0 Å². The summed E-state index contributed by atoms with van der Waals surface area (Å²) in [7, 11) is 0. The first-order chi connectivity index (χ1) is 23.5. The molecule has 0 atom stereocenters. The van der Waals surface area contributed by atoms with Crippen molar-refractivity contribution < 1.29 is 52.1 Å². The molecule has 0 unspecified atom stereocenters. The Morgan fingerprint density at radius 2 is 1.40 bits per heavy atom. The van der Waals surface area contributed by atoms with Gasteiger partial charge in [-0.15, -0.1) is 11.1 Å². The number of carbonyl (C=O) groups is 1. The van der Waals surface area contributed by atoms with Crippen LogP contribution in [-0.4, -0.2) is 110 Å². The van der Waals surface area contributed by atoms with Gasteiger partial charge in [-0.25, -0.2) is 0 Å². The Hall–Kier alpha value is -3.61. The zero-order chi connectivity index (χ0) is 34.5. The normalized spacial score (nSPS) is 10.9. The second-order valence-corrected chi connectivity index (χ2v) is 10.3. The average molecular weight is 675 g/mol. The third-order valence-corrected chi connectivity index (χ3v) is 6.47. The molecule has 1 aromatic heterocycles. The van der Waals surface area contributed by atoms with Gasteiger partial charge in [0.15, 0.2) is 6.79 Å². The van der Waals surface area contributed by atoms with Crippen molar-refractivity contribution in [3.05, 3.63) is 48.6 Å². The molecular weight excluding hydrogens is 622 g/mol. The maximum atomic E-state index is 11.7. The number of carbonyl (C=O) groups excluding carboxylic acids is 1. The third kappa shape index (κ3) is 19.3. The van der Waals surface area contributed by atoms with Crippen LogP contribution >= 0.6 is 0 Å². The second-order valence-electron chi connectivity index (χ2n) is 10.3. The lowest BCUT2D eigenvalue weighted by Crippen LogP contribution is -2.41. The first-order valence-corrected chi connectivity index (χ1v) is 16.2. The zero-order valence-electron chi connectivity index (χ0n) is 28.2. The van der Waals surface area contributed by atoms with Crippen LogP contribution < -0.4 is 15.2 Å². The van der Waals surface area contributed by atoms with E-state index in [2.05, 4.69) is 12.5 Å². The summed E-state index contributed by atoms with van der Waals surface area (Å²) < 4.78 is 50.3. The van der Waals surface area contributed by atoms with Crippen molar-refractivity contribution in [3.8, 4) is 29.4 Å². The lowest BCUT2D eigenvalue weighted by molar-refractivity contribution is -0.739. The largest absolute Gasteiger partial charge is 0.468 e. The molecule has 0 radical (unpaired) electrons. The quantitative estimate of drug-likeness (QED) is 0.0325. The molecule has 48 heavy (non-hydrogen) atoms. The summed E-state index contributed by atoms with van der Waals surface area (Å²) in [6, 6.07) is 9.54. The molecule has 0 amide bonds. The van der Waals surface area contributed by atoms with E-state index in [-0.39, 0.29) is 19.4 Å². The highest BCUT2D eigenvalue weighted by Crippen LogP contribution is 2.23. The van der Waals surface area contributed by atoms with Crippen LogP contribution in [0, 0.1) is 19.3 Å². The summed E-state index contributed by atoms with van der Waals surface area (Å²) in [6.07, 6.45) is 8.42. The molecular formula is C35H52N3O10+. The SMILES string of the molecule is C#CCOCCOCCOCCOCCOCCOCCOCOc1ccc(-c2n[n+](CCCCC(=O)OCC=C)c(N)cc2C)cc1. The van der Waals surface area contributed by atoms with Gasteiger partial charge < -0.3 is 42.6 Å². The minimum absolute atomic E-state index is 0.107. The van der Waals surface area contributed by atoms with Crippen LogP contribution in [0.2, 0.25) is 0 Å². The molecule has 0 aliphatic carbocycles. The first-order valence-electron chi connectivity index (χ1n) is 16.2. The van der Waals surface area contributed by atoms with Gasteiger partial charge in [0.25, 0.3) is 5.82 Å². The van der Waals surface area contributed by atoms with Gasteiger partial charge in [0.05, 0.1) is 79.3 Å². The van der Waals surface area contributed by atoms with Crippen molar-refractivity contribution in [2.45, 2.75) is 32.7 Å². The molecule has 0 fully saturated rings. The molecule has 2 aromatic rings. The van der Waals surface area contributed by atoms with Crippen molar-refractivity contribution in [3.63, 3.8) is 0 Å². The molecule has 0 spiro atoms. The summed E-state index contributed by atoms with van der Waals surface area (Å²) in [6.45, 7) is 12.5. The van der Waals surface area contributed by atoms with E-state index in [1.165, 1.54) is 0 Å². The number of aryl methyl sites for hydroxylation is 2. The van der Waals surface area contributed by atoms with Crippen LogP contribution in [0.15, 0.2) is 43.0 Å². The maximum absolute atomic E-state index is 11.7. The van der Waals surface area contributed by atoms with Crippen LogP contribution in [-0.2, 0) is 49.2 Å². The van der Waals surface area contributed by atoms with Crippen molar-refractivity contribution in [2.24, 2.45) is 0 Å². The maximum Gasteiger partial charge on any atom is 0.306 e. The van der Waals surface area contributed by atoms with Crippen LogP contribution in [0.5, 0.6) is 5.75 Å². The summed E-state index contributed by atoms with van der Waals surface area (Å²) in [5.41, 5.74) is 8.93. The number of nitrogen functional groups attached to an aromatic ring is 1. The molecule has 0 saturated carbocycles. The Bertz CT molecular complexity index is 1190. The number of unbranched alkanes of at least 4 members (excludes halogenated alkanes) is 1. The highest BCUT2D eigenvalue weighted by atomic mass is 16.7. The lowest BCUT2D eigenvalue weighted by atomic mass is 10.1. The number of anilines is 1. The van der Waals surface area contributed by atoms with E-state index in [9.17, 15) is 4.79 Å². The van der Waals surface area contributed by atoms with Gasteiger partial charge in [0.1, 0.15) is 31.2 Å². The molecule has 0 saturated heterocycles. The number of terminal acetylenes is 1. The minimum atomic E-state index is -0.233. The summed E-state index contributed by atoms with van der Waals surface area (Å²) in [5, 5.41) is 4.75. The molecule has 1 aromatic carbocycles. The molecule has 266 valence electrons. The van der Waals surface area contributed by atoms with Gasteiger partial charge in [0, 0.05) is 18.1 Å². The molecule has 2 rings (SSSR count). The first kappa shape index (κ1) is 40.6. The van der Waals surface area contributed by atoms with Gasteiger partial charge >= 0.3 is 5.97 Å². The fourth-order valence-electron chi connectivity index (χ4n) is 4.07. The van der Waals surface area contributed by atoms with E-state index in [0.717, 1.165) is 23.2 Å². The van der Waals surface area contributed by atoms with E-state index in [0.29, 0.717) is 117 Å². The molecule has 1 heterocycles. The molecule has 2 N–H and O–H groups in total. The fourth-order valence-corrected chi connectivity index (χ4v) is 4.07. The standard InChI is InChI=1S/C35H51N3O10/c1-4-14-40-16-17-41-18-19-42-20-21-43-22-23-44-24-25-45-26-27-46-29-48-32-11-9-31(10-12-32)35-30(3)28-33(36)38(37-35)13-7-6-8-34(39)47-15-5-2/h1,5,9-12,28,36H,2,6-8,13-27,29H2,3H3/p+1. The predicted octanol–water partition coefficient (Wildman–Crippen LogP) is 2.91. The van der Waals surface area contributed by atoms with Gasteiger partial charge in [0.2, 0.25) is 0 Å². The van der Waals surface area contributed by atoms with Crippen LogP contribution in [0.25, 0.3) is 11.3 Å². The second kappa shape index (κ2) is 27.4. The number of benzene rings is 1. The summed E-state index contributed by atoms with van der Waals surface area (Å²) in [5.74, 6) is 3.41. The number of ether oxygens (including phenoxy) is 9. The Morgan fingerprint density at radius 3 is 1.94 bits per heavy atom. The lowest BCUT2D eigenvalue weighted by Gasteiger charge is -2.10. The highest BCUT2D eigenvalue weighted by molar-refractivity contribution is 5.69. The van der Waals surface area contributed by atoms with E-state index in [1.807, 2.05) is 37.3 Å². The van der Waals surface area contributed by atoms with E-state index < -0.39 is 0 Å². The Labute approximate surface area is 284 Å². The van der Waals surface area contributed by atoms with Crippen molar-refractivity contribution in [1.82, 2.24) is 5.10 Å². The number of aromatic nitrogens is 2. The third-order valence-electron chi connectivity index (χ3n) is 6.47. The monoisotopic (exact) mass is 674 g/mol. The predicted molar refractivity (Wildman–Crippen MR) is 179 cm³/mol. The summed E-state index contributed by atoms with van der Waals surface area (Å²) >= 11 is 0. The number of esters is 1. The van der Waals surface area contributed by atoms with Crippen molar-refractivity contribution >= 4 is 11.8 Å². The fraction of sp³-hybridized carbons (Fsp3) is 0.571. The molecule has 0 aliphatic heterocycles. The number of rotatable bonds is 30. The Kier molecular flexibility index (Phi) is 23.1. The van der Waals surface area contributed by atoms with E-state index >= 15 is 0 Å². The Morgan fingerprint density at radius 1 is 0.854 bits per heavy atom. The minimum Gasteiger partial charge on any atom is -0.468 e. The van der Waals surface area contributed by atoms with Gasteiger partial charge in [-0.2, -0.15) is 0 Å². The van der Waals surface area contributed by atoms with Gasteiger partial charge in [-0.05, 0) is 49.6 Å². The molecule has 0 aliphatic rings. The zero-order valence-corrected chi connectivity index (χ0v) is 28.2. The molecule has 13 nitrogen and oxygen atoms in total. The Balaban J connectivity index is 1.47. The van der Waals surface area contributed by atoms with Gasteiger partial charge in [-0.1, -0.05) is 23.7 Å². The van der Waals surface area contributed by atoms with Crippen LogP contribution in [0.4, 0.5) is 5.82 Å². The molecule has 13 heteroatoms. The topological polar surface area (TPSA) is 143 Å². The van der Waals surface area contributed by atoms with Crippen molar-refractivity contribution in [2.75, 3.05) is 105 Å². The smallest absolute Gasteiger partial charge is 0.306 e. The number of hydrogen-bond acceptors (Lipinski definition) is 12. The summed E-state index contributed by atoms with van der Waals surface area (Å²) in [4.78, 5) is 11.7. The van der Waals surface area contributed by atoms with E-state index in [4.69, 9.17) is 59.9 Å². The van der Waals surface area contributed by atoms with Crippen LogP contribution in [0.3, 0.4) is 0 Å².